The maximum atomic E-state index is 12.2. The Labute approximate surface area is 141 Å². The van der Waals surface area contributed by atoms with Gasteiger partial charge in [0, 0.05) is 12.3 Å². The number of thiophene rings is 1. The van der Waals surface area contributed by atoms with Gasteiger partial charge in [-0.2, -0.15) is 8.42 Å². The quantitative estimate of drug-likeness (QED) is 0.517. The zero-order valence-corrected chi connectivity index (χ0v) is 13.8. The molecule has 0 saturated heterocycles. The summed E-state index contributed by atoms with van der Waals surface area (Å²) in [6.45, 7) is 0. The Hall–Kier alpha value is -2.71. The summed E-state index contributed by atoms with van der Waals surface area (Å²) in [7, 11) is -3.84. The number of rotatable bonds is 4. The molecule has 24 heavy (non-hydrogen) atoms. The Morgan fingerprint density at radius 1 is 1.08 bits per heavy atom. The third-order valence-corrected chi connectivity index (χ3v) is 5.79. The lowest BCUT2D eigenvalue weighted by Gasteiger charge is -2.04. The first-order valence-electron chi connectivity index (χ1n) is 6.92. The van der Waals surface area contributed by atoms with E-state index in [9.17, 15) is 8.42 Å². The summed E-state index contributed by atoms with van der Waals surface area (Å²) < 4.78 is 35.3. The Morgan fingerprint density at radius 2 is 2.00 bits per heavy atom. The van der Waals surface area contributed by atoms with E-state index in [1.165, 1.54) is 18.2 Å². The lowest BCUT2D eigenvalue weighted by Crippen LogP contribution is -2.07. The summed E-state index contributed by atoms with van der Waals surface area (Å²) >= 11 is 1.10. The van der Waals surface area contributed by atoms with Crippen molar-refractivity contribution in [3.05, 3.63) is 60.1 Å². The minimum Gasteiger partial charge on any atom is -0.435 e. The maximum absolute atomic E-state index is 12.2. The van der Waals surface area contributed by atoms with E-state index < -0.39 is 10.1 Å². The molecule has 3 heterocycles. The van der Waals surface area contributed by atoms with Crippen LogP contribution in [-0.2, 0) is 10.1 Å². The van der Waals surface area contributed by atoms with Crippen LogP contribution in [0.15, 0.2) is 68.7 Å². The largest absolute Gasteiger partial charge is 0.435 e. The molecule has 4 rings (SSSR count). The summed E-state index contributed by atoms with van der Waals surface area (Å²) in [5.74, 6) is 0.531. The molecule has 0 aliphatic rings. The van der Waals surface area contributed by atoms with Crippen molar-refractivity contribution in [3.63, 3.8) is 0 Å². The van der Waals surface area contributed by atoms with Crippen molar-refractivity contribution >= 4 is 32.6 Å². The van der Waals surface area contributed by atoms with Gasteiger partial charge >= 0.3 is 10.1 Å². The van der Waals surface area contributed by atoms with Gasteiger partial charge in [0.25, 0.3) is 0 Å². The van der Waals surface area contributed by atoms with Gasteiger partial charge in [-0.15, -0.1) is 11.3 Å². The fourth-order valence-electron chi connectivity index (χ4n) is 2.13. The smallest absolute Gasteiger partial charge is 0.348 e. The van der Waals surface area contributed by atoms with E-state index in [1.54, 1.807) is 35.8 Å². The van der Waals surface area contributed by atoms with Crippen LogP contribution in [-0.4, -0.2) is 18.4 Å². The molecule has 0 saturated carbocycles. The summed E-state index contributed by atoms with van der Waals surface area (Å²) in [4.78, 5) is 8.52. The Morgan fingerprint density at radius 3 is 2.75 bits per heavy atom. The molecule has 1 aromatic carbocycles. The van der Waals surface area contributed by atoms with Crippen LogP contribution in [0.5, 0.6) is 5.75 Å². The van der Waals surface area contributed by atoms with Gasteiger partial charge in [-0.1, -0.05) is 12.1 Å². The number of hydrogen-bond acceptors (Lipinski definition) is 7. The van der Waals surface area contributed by atoms with Gasteiger partial charge in [0.05, 0.1) is 0 Å². The first-order valence-corrected chi connectivity index (χ1v) is 9.21. The Balaban J connectivity index is 1.69. The molecule has 0 N–H and O–H groups in total. The zero-order chi connectivity index (χ0) is 16.6. The monoisotopic (exact) mass is 358 g/mol. The van der Waals surface area contributed by atoms with Crippen molar-refractivity contribution in [1.82, 2.24) is 9.97 Å². The van der Waals surface area contributed by atoms with E-state index in [2.05, 4.69) is 9.97 Å². The minimum absolute atomic E-state index is 0.148. The van der Waals surface area contributed by atoms with Gasteiger partial charge < -0.3 is 8.60 Å². The second kappa shape index (κ2) is 5.73. The lowest BCUT2D eigenvalue weighted by atomic mass is 10.3. The number of oxazole rings is 1. The molecule has 3 aromatic heterocycles. The molecule has 6 nitrogen and oxygen atoms in total. The molecule has 0 radical (unpaired) electrons. The highest BCUT2D eigenvalue weighted by Crippen LogP contribution is 2.28. The number of pyridine rings is 1. The molecule has 4 aromatic rings. The summed E-state index contributed by atoms with van der Waals surface area (Å²) in [5.41, 5.74) is 1.62. The Kier molecular flexibility index (Phi) is 3.55. The van der Waals surface area contributed by atoms with Crippen LogP contribution in [0, 0.1) is 0 Å². The zero-order valence-electron chi connectivity index (χ0n) is 12.1. The molecule has 8 heteroatoms. The van der Waals surface area contributed by atoms with Crippen molar-refractivity contribution in [2.45, 2.75) is 4.21 Å². The van der Waals surface area contributed by atoms with Crippen molar-refractivity contribution in [1.29, 1.82) is 0 Å². The normalized spacial score (nSPS) is 11.7. The Bertz CT molecular complexity index is 1090. The first kappa shape index (κ1) is 14.9. The standard InChI is InChI=1S/C16H10N2O4S2/c19-24(20,15-5-3-9-23-15)22-11-6-7-12-14(10-11)21-16(18-12)13-4-1-2-8-17-13/h1-10H. The lowest BCUT2D eigenvalue weighted by molar-refractivity contribution is 0.488. The molecule has 0 aliphatic carbocycles. The van der Waals surface area contributed by atoms with E-state index in [0.29, 0.717) is 22.7 Å². The van der Waals surface area contributed by atoms with Crippen molar-refractivity contribution < 1.29 is 17.0 Å². The van der Waals surface area contributed by atoms with Crippen LogP contribution in [0.1, 0.15) is 0 Å². The van der Waals surface area contributed by atoms with Crippen LogP contribution in [0.2, 0.25) is 0 Å². The van der Waals surface area contributed by atoms with Gasteiger partial charge in [0.2, 0.25) is 5.89 Å². The van der Waals surface area contributed by atoms with E-state index in [-0.39, 0.29) is 9.96 Å². The molecule has 0 unspecified atom stereocenters. The molecule has 0 fully saturated rings. The summed E-state index contributed by atoms with van der Waals surface area (Å²) in [6.07, 6.45) is 1.65. The van der Waals surface area contributed by atoms with Gasteiger partial charge in [-0.05, 0) is 35.7 Å². The average molecular weight is 358 g/mol. The van der Waals surface area contributed by atoms with Crippen molar-refractivity contribution in [2.75, 3.05) is 0 Å². The van der Waals surface area contributed by atoms with E-state index >= 15 is 0 Å². The second-order valence-electron chi connectivity index (χ2n) is 4.83. The molecule has 0 atom stereocenters. The van der Waals surface area contributed by atoms with Gasteiger partial charge in [-0.3, -0.25) is 4.98 Å². The molecule has 120 valence electrons. The number of fused-ring (bicyclic) bond motifs is 1. The minimum atomic E-state index is -3.84. The highest BCUT2D eigenvalue weighted by Gasteiger charge is 2.18. The van der Waals surface area contributed by atoms with Crippen molar-refractivity contribution in [3.8, 4) is 17.3 Å². The summed E-state index contributed by atoms with van der Waals surface area (Å²) in [6, 6.07) is 13.2. The van der Waals surface area contributed by atoms with Gasteiger partial charge in [-0.25, -0.2) is 4.98 Å². The molecule has 0 spiro atoms. The highest BCUT2D eigenvalue weighted by molar-refractivity contribution is 7.89. The molecule has 0 amide bonds. The predicted octanol–water partition coefficient (Wildman–Crippen LogP) is 3.72. The van der Waals surface area contributed by atoms with Crippen LogP contribution in [0.3, 0.4) is 0 Å². The first-order chi connectivity index (χ1) is 11.6. The molecular formula is C16H10N2O4S2. The number of aromatic nitrogens is 2. The van der Waals surface area contributed by atoms with Crippen molar-refractivity contribution in [2.24, 2.45) is 0 Å². The fourth-order valence-corrected chi connectivity index (χ4v) is 4.00. The van der Waals surface area contributed by atoms with E-state index in [0.717, 1.165) is 11.3 Å². The topological polar surface area (TPSA) is 82.3 Å². The number of benzene rings is 1. The second-order valence-corrected chi connectivity index (χ2v) is 7.55. The average Bonchev–Trinajstić information content (AvgIpc) is 3.25. The van der Waals surface area contributed by atoms with Crippen LogP contribution < -0.4 is 4.18 Å². The van der Waals surface area contributed by atoms with E-state index in [1.807, 2.05) is 6.07 Å². The van der Waals surface area contributed by atoms with Crippen LogP contribution >= 0.6 is 11.3 Å². The third-order valence-electron chi connectivity index (χ3n) is 3.19. The molecule has 0 aliphatic heterocycles. The van der Waals surface area contributed by atoms with Crippen LogP contribution in [0.4, 0.5) is 0 Å². The van der Waals surface area contributed by atoms with Gasteiger partial charge in [0.15, 0.2) is 9.79 Å². The number of hydrogen-bond donors (Lipinski definition) is 0. The third kappa shape index (κ3) is 2.77. The maximum Gasteiger partial charge on any atom is 0.348 e. The fraction of sp³-hybridized carbons (Fsp3) is 0. The highest BCUT2D eigenvalue weighted by atomic mass is 32.3. The molecule has 0 bridgehead atoms. The molecular weight excluding hydrogens is 348 g/mol. The SMILES string of the molecule is O=S(=O)(Oc1ccc2nc(-c3ccccn3)oc2c1)c1cccs1. The van der Waals surface area contributed by atoms with Gasteiger partial charge in [0.1, 0.15) is 17.0 Å². The van der Waals surface area contributed by atoms with E-state index in [4.69, 9.17) is 8.60 Å². The summed E-state index contributed by atoms with van der Waals surface area (Å²) in [5, 5.41) is 1.68. The number of nitrogens with zero attached hydrogens (tertiary/aromatic N) is 2. The predicted molar refractivity (Wildman–Crippen MR) is 89.4 cm³/mol. The van der Waals surface area contributed by atoms with Crippen LogP contribution in [0.25, 0.3) is 22.7 Å².